The third kappa shape index (κ3) is 3.51. The van der Waals surface area contributed by atoms with E-state index >= 15 is 0 Å². The summed E-state index contributed by atoms with van der Waals surface area (Å²) < 4.78 is 10.6. The third-order valence-corrected chi connectivity index (χ3v) is 3.74. The zero-order valence-corrected chi connectivity index (χ0v) is 14.6. The fourth-order valence-electron chi connectivity index (χ4n) is 2.29. The van der Waals surface area contributed by atoms with E-state index in [0.29, 0.717) is 22.8 Å². The first-order chi connectivity index (χ1) is 11.3. The summed E-state index contributed by atoms with van der Waals surface area (Å²) in [4.78, 5) is 8.07. The van der Waals surface area contributed by atoms with Crippen LogP contribution >= 0.6 is 0 Å². The predicted molar refractivity (Wildman–Crippen MR) is 95.0 cm³/mol. The lowest BCUT2D eigenvalue weighted by Gasteiger charge is -2.20. The van der Waals surface area contributed by atoms with Crippen LogP contribution in [-0.2, 0) is 5.41 Å². The van der Waals surface area contributed by atoms with Gasteiger partial charge in [-0.25, -0.2) is 4.98 Å². The van der Waals surface area contributed by atoms with Crippen LogP contribution in [0.15, 0.2) is 18.2 Å². The van der Waals surface area contributed by atoms with Crippen molar-refractivity contribution in [3.8, 4) is 23.3 Å². The van der Waals surface area contributed by atoms with Gasteiger partial charge in [-0.3, -0.25) is 0 Å². The summed E-state index contributed by atoms with van der Waals surface area (Å²) in [5, 5.41) is 0. The molecule has 6 heteroatoms. The molecule has 0 aliphatic heterocycles. The molecule has 6 nitrogen and oxygen atoms in total. The van der Waals surface area contributed by atoms with Gasteiger partial charge in [-0.1, -0.05) is 17.9 Å². The van der Waals surface area contributed by atoms with Crippen molar-refractivity contribution in [1.82, 2.24) is 9.97 Å². The van der Waals surface area contributed by atoms with E-state index < -0.39 is 5.41 Å². The smallest absolute Gasteiger partial charge is 0.222 e. The van der Waals surface area contributed by atoms with Crippen molar-refractivity contribution in [2.75, 3.05) is 25.7 Å². The molecule has 0 saturated heterocycles. The highest BCUT2D eigenvalue weighted by atomic mass is 16.5. The van der Waals surface area contributed by atoms with E-state index in [0.717, 1.165) is 5.56 Å². The lowest BCUT2D eigenvalue weighted by molar-refractivity contribution is 0.354. The molecule has 126 valence electrons. The maximum atomic E-state index is 5.90. The van der Waals surface area contributed by atoms with E-state index in [1.807, 2.05) is 39.0 Å². The SMILES string of the molecule is COc1ccc(C(C)(C)C#Cc2c(C)nc(N)nc2N)cc1OC. The standard InChI is InChI=1S/C18H22N4O2/c1-11-13(16(19)22-17(20)21-11)8-9-18(2,3)12-6-7-14(23-4)15(10-12)24-5/h6-7,10H,1-5H3,(H4,19,20,21,22). The Kier molecular flexibility index (Phi) is 4.84. The fraction of sp³-hybridized carbons (Fsp3) is 0.333. The molecule has 1 aromatic carbocycles. The first-order valence-electron chi connectivity index (χ1n) is 7.43. The summed E-state index contributed by atoms with van der Waals surface area (Å²) in [6.07, 6.45) is 0. The maximum Gasteiger partial charge on any atom is 0.222 e. The first-order valence-corrected chi connectivity index (χ1v) is 7.43. The molecule has 0 fully saturated rings. The summed E-state index contributed by atoms with van der Waals surface area (Å²) >= 11 is 0. The summed E-state index contributed by atoms with van der Waals surface area (Å²) in [5.41, 5.74) is 13.3. The number of nitrogen functional groups attached to an aromatic ring is 2. The Bertz CT molecular complexity index is 796. The Morgan fingerprint density at radius 2 is 1.71 bits per heavy atom. The second kappa shape index (κ2) is 6.67. The molecule has 24 heavy (non-hydrogen) atoms. The molecule has 0 aliphatic carbocycles. The maximum absolute atomic E-state index is 5.90. The molecule has 0 spiro atoms. The van der Waals surface area contributed by atoms with E-state index in [1.165, 1.54) is 0 Å². The van der Waals surface area contributed by atoms with Crippen LogP contribution in [0.4, 0.5) is 11.8 Å². The number of rotatable bonds is 3. The van der Waals surface area contributed by atoms with Crippen molar-refractivity contribution in [2.24, 2.45) is 0 Å². The Morgan fingerprint density at radius 1 is 1.04 bits per heavy atom. The highest BCUT2D eigenvalue weighted by Gasteiger charge is 2.20. The summed E-state index contributed by atoms with van der Waals surface area (Å²) in [6, 6.07) is 5.75. The number of ether oxygens (including phenoxy) is 2. The van der Waals surface area contributed by atoms with Gasteiger partial charge in [0.05, 0.1) is 30.9 Å². The molecule has 0 unspecified atom stereocenters. The van der Waals surface area contributed by atoms with Crippen LogP contribution in [0.2, 0.25) is 0 Å². The number of hydrogen-bond donors (Lipinski definition) is 2. The molecule has 2 aromatic rings. The van der Waals surface area contributed by atoms with Gasteiger partial charge in [-0.2, -0.15) is 4.98 Å². The highest BCUT2D eigenvalue weighted by Crippen LogP contribution is 2.33. The summed E-state index contributed by atoms with van der Waals surface area (Å²) in [5.74, 6) is 8.10. The molecule has 0 amide bonds. The zero-order chi connectivity index (χ0) is 17.9. The predicted octanol–water partition coefficient (Wildman–Crippen LogP) is 2.30. The Morgan fingerprint density at radius 3 is 2.29 bits per heavy atom. The average Bonchev–Trinajstić information content (AvgIpc) is 2.52. The number of benzene rings is 1. The van der Waals surface area contributed by atoms with Crippen molar-refractivity contribution in [1.29, 1.82) is 0 Å². The van der Waals surface area contributed by atoms with Gasteiger partial charge >= 0.3 is 0 Å². The van der Waals surface area contributed by atoms with E-state index in [4.69, 9.17) is 20.9 Å². The zero-order valence-electron chi connectivity index (χ0n) is 14.6. The molecular formula is C18H22N4O2. The van der Waals surface area contributed by atoms with Gasteiger partial charge in [0, 0.05) is 0 Å². The second-order valence-corrected chi connectivity index (χ2v) is 5.87. The lowest BCUT2D eigenvalue weighted by atomic mass is 9.85. The Labute approximate surface area is 142 Å². The molecule has 0 saturated carbocycles. The number of nitrogens with two attached hydrogens (primary N) is 2. The molecule has 0 bridgehead atoms. The molecule has 0 radical (unpaired) electrons. The third-order valence-electron chi connectivity index (χ3n) is 3.74. The molecule has 4 N–H and O–H groups in total. The number of methoxy groups -OCH3 is 2. The van der Waals surface area contributed by atoms with Crippen molar-refractivity contribution in [2.45, 2.75) is 26.2 Å². The minimum absolute atomic E-state index is 0.148. The van der Waals surface area contributed by atoms with Crippen molar-refractivity contribution in [3.63, 3.8) is 0 Å². The van der Waals surface area contributed by atoms with E-state index in [-0.39, 0.29) is 11.8 Å². The van der Waals surface area contributed by atoms with Crippen molar-refractivity contribution < 1.29 is 9.47 Å². The van der Waals surface area contributed by atoms with Gasteiger partial charge in [0.1, 0.15) is 5.82 Å². The number of anilines is 2. The van der Waals surface area contributed by atoms with Gasteiger partial charge < -0.3 is 20.9 Å². The van der Waals surface area contributed by atoms with Gasteiger partial charge in [0.2, 0.25) is 5.95 Å². The molecule has 1 aromatic heterocycles. The first kappa shape index (κ1) is 17.4. The van der Waals surface area contributed by atoms with E-state index in [9.17, 15) is 0 Å². The Balaban J connectivity index is 2.43. The van der Waals surface area contributed by atoms with Crippen LogP contribution in [0.1, 0.15) is 30.7 Å². The molecule has 2 rings (SSSR count). The van der Waals surface area contributed by atoms with Crippen molar-refractivity contribution >= 4 is 11.8 Å². The normalized spacial score (nSPS) is 10.7. The second-order valence-electron chi connectivity index (χ2n) is 5.87. The van der Waals surface area contributed by atoms with Crippen LogP contribution in [0.3, 0.4) is 0 Å². The minimum atomic E-state index is -0.431. The van der Waals surface area contributed by atoms with Crippen molar-refractivity contribution in [3.05, 3.63) is 35.0 Å². The van der Waals surface area contributed by atoms with Gasteiger partial charge in [-0.15, -0.1) is 0 Å². The van der Waals surface area contributed by atoms with Gasteiger partial charge in [0.25, 0.3) is 0 Å². The quantitative estimate of drug-likeness (QED) is 0.840. The average molecular weight is 326 g/mol. The highest BCUT2D eigenvalue weighted by molar-refractivity contribution is 5.56. The van der Waals surface area contributed by atoms with Gasteiger partial charge in [0.15, 0.2) is 11.5 Å². The van der Waals surface area contributed by atoms with Crippen LogP contribution in [0.5, 0.6) is 11.5 Å². The van der Waals surface area contributed by atoms with E-state index in [1.54, 1.807) is 14.2 Å². The van der Waals surface area contributed by atoms with E-state index in [2.05, 4.69) is 21.8 Å². The number of hydrogen-bond acceptors (Lipinski definition) is 6. The summed E-state index contributed by atoms with van der Waals surface area (Å²) in [6.45, 7) is 5.84. The molecule has 0 atom stereocenters. The van der Waals surface area contributed by atoms with Gasteiger partial charge in [-0.05, 0) is 38.5 Å². The number of aromatic nitrogens is 2. The minimum Gasteiger partial charge on any atom is -0.493 e. The molecular weight excluding hydrogens is 304 g/mol. The number of aryl methyl sites for hydroxylation is 1. The topological polar surface area (TPSA) is 96.3 Å². The van der Waals surface area contributed by atoms with Crippen LogP contribution in [0.25, 0.3) is 0 Å². The van der Waals surface area contributed by atoms with Crippen LogP contribution in [0, 0.1) is 18.8 Å². The van der Waals surface area contributed by atoms with Crippen LogP contribution < -0.4 is 20.9 Å². The summed E-state index contributed by atoms with van der Waals surface area (Å²) in [7, 11) is 3.21. The lowest BCUT2D eigenvalue weighted by Crippen LogP contribution is -2.15. The number of nitrogens with zero attached hydrogens (tertiary/aromatic N) is 2. The van der Waals surface area contributed by atoms with Crippen LogP contribution in [-0.4, -0.2) is 24.2 Å². The largest absolute Gasteiger partial charge is 0.493 e. The molecule has 0 aliphatic rings. The fourth-order valence-corrected chi connectivity index (χ4v) is 2.29. The molecule has 1 heterocycles. The Hall–Kier alpha value is -2.94. The monoisotopic (exact) mass is 326 g/mol.